The maximum atomic E-state index is 5.85. The topological polar surface area (TPSA) is 47.3 Å². The maximum absolute atomic E-state index is 5.85. The number of halogens is 1. The zero-order valence-corrected chi connectivity index (χ0v) is 11.6. The number of nitrogens with two attached hydrogens (primary N) is 1. The molecule has 2 aromatic rings. The summed E-state index contributed by atoms with van der Waals surface area (Å²) in [7, 11) is 1.61. The Morgan fingerprint density at radius 3 is 2.58 bits per heavy atom. The number of nitrogens with one attached hydrogen (secondary N) is 1. The van der Waals surface area contributed by atoms with Crippen LogP contribution in [-0.2, 0) is 6.42 Å². The van der Waals surface area contributed by atoms with Crippen molar-refractivity contribution in [3.05, 3.63) is 53.1 Å². The van der Waals surface area contributed by atoms with Crippen LogP contribution < -0.4 is 15.8 Å². The summed E-state index contributed by atoms with van der Waals surface area (Å²) in [6.07, 6.45) is 0.934. The van der Waals surface area contributed by atoms with Gasteiger partial charge >= 0.3 is 0 Å². The molecular formula is C15H17ClN2O. The van der Waals surface area contributed by atoms with Crippen LogP contribution in [0.3, 0.4) is 0 Å². The van der Waals surface area contributed by atoms with Gasteiger partial charge in [0.05, 0.1) is 12.8 Å². The Hall–Kier alpha value is -1.87. The van der Waals surface area contributed by atoms with Crippen LogP contribution in [0.25, 0.3) is 0 Å². The summed E-state index contributed by atoms with van der Waals surface area (Å²) in [5.41, 5.74) is 8.66. The van der Waals surface area contributed by atoms with Gasteiger partial charge in [-0.05, 0) is 36.2 Å². The van der Waals surface area contributed by atoms with Crippen molar-refractivity contribution in [2.75, 3.05) is 24.7 Å². The molecule has 2 rings (SSSR count). The van der Waals surface area contributed by atoms with E-state index in [1.807, 2.05) is 42.5 Å². The first-order valence-electron chi connectivity index (χ1n) is 6.11. The molecule has 0 aliphatic rings. The third-order valence-corrected chi connectivity index (χ3v) is 3.14. The van der Waals surface area contributed by atoms with Crippen molar-refractivity contribution in [1.29, 1.82) is 0 Å². The normalized spacial score (nSPS) is 10.2. The summed E-state index contributed by atoms with van der Waals surface area (Å²) in [5.74, 6) is 0.691. The lowest BCUT2D eigenvalue weighted by atomic mass is 10.1. The van der Waals surface area contributed by atoms with Crippen molar-refractivity contribution in [3.63, 3.8) is 0 Å². The van der Waals surface area contributed by atoms with E-state index in [-0.39, 0.29) is 0 Å². The maximum Gasteiger partial charge on any atom is 0.143 e. The first-order chi connectivity index (χ1) is 9.19. The fourth-order valence-corrected chi connectivity index (χ4v) is 1.95. The van der Waals surface area contributed by atoms with Crippen LogP contribution in [-0.4, -0.2) is 13.7 Å². The zero-order valence-electron chi connectivity index (χ0n) is 10.8. The molecule has 2 aromatic carbocycles. The molecule has 100 valence electrons. The van der Waals surface area contributed by atoms with Crippen molar-refractivity contribution in [1.82, 2.24) is 0 Å². The molecule has 0 unspecified atom stereocenters. The Kier molecular flexibility index (Phi) is 4.53. The van der Waals surface area contributed by atoms with Crippen molar-refractivity contribution in [3.8, 4) is 5.75 Å². The predicted molar refractivity (Wildman–Crippen MR) is 81.1 cm³/mol. The summed E-state index contributed by atoms with van der Waals surface area (Å²) < 4.78 is 5.18. The number of hydrogen-bond donors (Lipinski definition) is 2. The van der Waals surface area contributed by atoms with E-state index in [4.69, 9.17) is 22.1 Å². The molecular weight excluding hydrogens is 260 g/mol. The van der Waals surface area contributed by atoms with Gasteiger partial charge in [-0.1, -0.05) is 23.7 Å². The Balaban J connectivity index is 1.90. The molecule has 0 bridgehead atoms. The van der Waals surface area contributed by atoms with E-state index in [1.165, 1.54) is 5.56 Å². The van der Waals surface area contributed by atoms with Crippen molar-refractivity contribution >= 4 is 23.0 Å². The Labute approximate surface area is 118 Å². The quantitative estimate of drug-likeness (QED) is 0.821. The van der Waals surface area contributed by atoms with Crippen LogP contribution in [0.1, 0.15) is 5.56 Å². The minimum absolute atomic E-state index is 0.644. The van der Waals surface area contributed by atoms with Crippen molar-refractivity contribution < 1.29 is 4.74 Å². The fraction of sp³-hybridized carbons (Fsp3) is 0.200. The smallest absolute Gasteiger partial charge is 0.143 e. The van der Waals surface area contributed by atoms with Crippen molar-refractivity contribution in [2.24, 2.45) is 0 Å². The Morgan fingerprint density at radius 2 is 1.89 bits per heavy atom. The molecule has 4 heteroatoms. The molecule has 0 amide bonds. The van der Waals surface area contributed by atoms with Gasteiger partial charge < -0.3 is 15.8 Å². The molecule has 0 atom stereocenters. The van der Waals surface area contributed by atoms with Gasteiger partial charge in [0.1, 0.15) is 5.75 Å². The highest BCUT2D eigenvalue weighted by Gasteiger charge is 2.00. The minimum atomic E-state index is 0.644. The predicted octanol–water partition coefficient (Wildman–Crippen LogP) is 3.59. The van der Waals surface area contributed by atoms with Crippen molar-refractivity contribution in [2.45, 2.75) is 6.42 Å². The van der Waals surface area contributed by atoms with Crippen LogP contribution >= 0.6 is 11.6 Å². The number of benzene rings is 2. The number of hydrogen-bond acceptors (Lipinski definition) is 3. The summed E-state index contributed by atoms with van der Waals surface area (Å²) in [5, 5.41) is 4.11. The highest BCUT2D eigenvalue weighted by Crippen LogP contribution is 2.24. The first kappa shape index (κ1) is 13.6. The average Bonchev–Trinajstić information content (AvgIpc) is 2.43. The van der Waals surface area contributed by atoms with Crippen LogP contribution in [0.2, 0.25) is 5.02 Å². The van der Waals surface area contributed by atoms with Crippen LogP contribution in [0.5, 0.6) is 5.75 Å². The van der Waals surface area contributed by atoms with Gasteiger partial charge in [-0.2, -0.15) is 0 Å². The molecule has 0 fully saturated rings. The third-order valence-electron chi connectivity index (χ3n) is 2.89. The largest absolute Gasteiger partial charge is 0.495 e. The van der Waals surface area contributed by atoms with Gasteiger partial charge in [0, 0.05) is 23.3 Å². The summed E-state index contributed by atoms with van der Waals surface area (Å²) in [4.78, 5) is 0. The number of methoxy groups -OCH3 is 1. The van der Waals surface area contributed by atoms with Gasteiger partial charge in [0.25, 0.3) is 0 Å². The molecule has 0 spiro atoms. The molecule has 3 N–H and O–H groups in total. The van der Waals surface area contributed by atoms with Gasteiger partial charge in [0.15, 0.2) is 0 Å². The molecule has 0 aliphatic heterocycles. The second-order valence-electron chi connectivity index (χ2n) is 4.26. The van der Waals surface area contributed by atoms with E-state index >= 15 is 0 Å². The van der Waals surface area contributed by atoms with Crippen LogP contribution in [0, 0.1) is 0 Å². The van der Waals surface area contributed by atoms with Gasteiger partial charge in [0.2, 0.25) is 0 Å². The molecule has 0 heterocycles. The molecule has 0 saturated heterocycles. The summed E-state index contributed by atoms with van der Waals surface area (Å²) >= 11 is 5.85. The van der Waals surface area contributed by atoms with E-state index in [2.05, 4.69) is 5.32 Å². The lowest BCUT2D eigenvalue weighted by molar-refractivity contribution is 0.417. The highest BCUT2D eigenvalue weighted by atomic mass is 35.5. The van der Waals surface area contributed by atoms with Gasteiger partial charge in [-0.25, -0.2) is 0 Å². The van der Waals surface area contributed by atoms with E-state index in [0.29, 0.717) is 11.4 Å². The monoisotopic (exact) mass is 276 g/mol. The number of rotatable bonds is 5. The molecule has 0 aliphatic carbocycles. The molecule has 19 heavy (non-hydrogen) atoms. The second kappa shape index (κ2) is 6.34. The molecule has 0 saturated carbocycles. The van der Waals surface area contributed by atoms with Crippen LogP contribution in [0.4, 0.5) is 11.4 Å². The highest BCUT2D eigenvalue weighted by molar-refractivity contribution is 6.30. The standard InChI is InChI=1S/C15H17ClN2O/c1-19-15-10-13(6-7-14(15)17)18-9-8-11-2-4-12(16)5-3-11/h2-7,10,18H,8-9,17H2,1H3. The van der Waals surface area contributed by atoms with E-state index in [1.54, 1.807) is 7.11 Å². The number of anilines is 2. The summed E-state index contributed by atoms with van der Waals surface area (Å²) in [6, 6.07) is 13.6. The number of nitrogen functional groups attached to an aromatic ring is 1. The molecule has 0 radical (unpaired) electrons. The Morgan fingerprint density at radius 1 is 1.16 bits per heavy atom. The molecule has 3 nitrogen and oxygen atoms in total. The van der Waals surface area contributed by atoms with E-state index in [9.17, 15) is 0 Å². The minimum Gasteiger partial charge on any atom is -0.495 e. The van der Waals surface area contributed by atoms with Gasteiger partial charge in [-0.3, -0.25) is 0 Å². The first-order valence-corrected chi connectivity index (χ1v) is 6.48. The second-order valence-corrected chi connectivity index (χ2v) is 4.70. The zero-order chi connectivity index (χ0) is 13.7. The fourth-order valence-electron chi connectivity index (χ4n) is 1.82. The average molecular weight is 277 g/mol. The SMILES string of the molecule is COc1cc(NCCc2ccc(Cl)cc2)ccc1N. The third kappa shape index (κ3) is 3.80. The Bertz CT molecular complexity index is 540. The van der Waals surface area contributed by atoms with E-state index in [0.717, 1.165) is 23.7 Å². The summed E-state index contributed by atoms with van der Waals surface area (Å²) in [6.45, 7) is 0.842. The lowest BCUT2D eigenvalue weighted by Gasteiger charge is -2.10. The van der Waals surface area contributed by atoms with Crippen LogP contribution in [0.15, 0.2) is 42.5 Å². The van der Waals surface area contributed by atoms with Gasteiger partial charge in [-0.15, -0.1) is 0 Å². The molecule has 0 aromatic heterocycles. The lowest BCUT2D eigenvalue weighted by Crippen LogP contribution is -2.05. The van der Waals surface area contributed by atoms with E-state index < -0.39 is 0 Å². The number of ether oxygens (including phenoxy) is 1.